The highest BCUT2D eigenvalue weighted by molar-refractivity contribution is 5.49. The van der Waals surface area contributed by atoms with Crippen molar-refractivity contribution in [2.75, 3.05) is 6.61 Å². The summed E-state index contributed by atoms with van der Waals surface area (Å²) in [7, 11) is 0. The minimum Gasteiger partial charge on any atom is -0.490 e. The van der Waals surface area contributed by atoms with E-state index in [0.29, 0.717) is 22.9 Å². The molecule has 1 saturated carbocycles. The molecule has 1 N–H and O–H groups in total. The first-order valence-electron chi connectivity index (χ1n) is 6.92. The number of aryl methyl sites for hydroxylation is 2. The Balaban J connectivity index is 2.10. The van der Waals surface area contributed by atoms with Crippen molar-refractivity contribution in [3.05, 3.63) is 33.4 Å². The second-order valence-electron chi connectivity index (χ2n) is 5.81. The van der Waals surface area contributed by atoms with Gasteiger partial charge >= 0.3 is 0 Å². The molecule has 21 heavy (non-hydrogen) atoms. The second-order valence-corrected chi connectivity index (χ2v) is 5.81. The number of nitrogens with zero attached hydrogens (tertiary/aromatic N) is 2. The lowest BCUT2D eigenvalue weighted by Gasteiger charge is -2.24. The third kappa shape index (κ3) is 3.70. The highest BCUT2D eigenvalue weighted by Crippen LogP contribution is 2.29. The molecule has 0 aliphatic heterocycles. The second kappa shape index (κ2) is 5.70. The fraction of sp³-hybridized carbons (Fsp3) is 0.533. The predicted octanol–water partition coefficient (Wildman–Crippen LogP) is 2.62. The van der Waals surface area contributed by atoms with Crippen LogP contribution >= 0.6 is 0 Å². The summed E-state index contributed by atoms with van der Waals surface area (Å²) < 4.78 is 5.73. The SMILES string of the molecule is Cc1cc([N+](=O)[O-])c(C)cc1OCC(C)(C#N)NC1CC1. The van der Waals surface area contributed by atoms with Crippen LogP contribution < -0.4 is 10.1 Å². The van der Waals surface area contributed by atoms with Crippen molar-refractivity contribution in [1.29, 1.82) is 5.26 Å². The molecule has 1 aliphatic rings. The number of nitro benzene ring substituents is 1. The quantitative estimate of drug-likeness (QED) is 0.642. The summed E-state index contributed by atoms with van der Waals surface area (Å²) in [6, 6.07) is 5.80. The molecule has 0 amide bonds. The van der Waals surface area contributed by atoms with Crippen molar-refractivity contribution in [3.8, 4) is 11.8 Å². The Morgan fingerprint density at radius 2 is 2.14 bits per heavy atom. The number of ether oxygens (including phenoxy) is 1. The molecule has 0 saturated heterocycles. The Morgan fingerprint density at radius 3 is 2.67 bits per heavy atom. The maximum absolute atomic E-state index is 10.9. The largest absolute Gasteiger partial charge is 0.490 e. The van der Waals surface area contributed by atoms with Gasteiger partial charge < -0.3 is 4.74 Å². The lowest BCUT2D eigenvalue weighted by Crippen LogP contribution is -2.47. The zero-order valence-electron chi connectivity index (χ0n) is 12.5. The van der Waals surface area contributed by atoms with Crippen LogP contribution in [0.5, 0.6) is 5.75 Å². The van der Waals surface area contributed by atoms with Crippen molar-refractivity contribution in [2.24, 2.45) is 0 Å². The van der Waals surface area contributed by atoms with Crippen molar-refractivity contribution in [3.63, 3.8) is 0 Å². The molecule has 1 unspecified atom stereocenters. The summed E-state index contributed by atoms with van der Waals surface area (Å²) in [6.45, 7) is 5.45. The first-order chi connectivity index (χ1) is 9.84. The van der Waals surface area contributed by atoms with Gasteiger partial charge in [-0.2, -0.15) is 5.26 Å². The Hall–Kier alpha value is -2.13. The highest BCUT2D eigenvalue weighted by atomic mass is 16.6. The molecule has 6 nitrogen and oxygen atoms in total. The van der Waals surface area contributed by atoms with Gasteiger partial charge in [-0.05, 0) is 45.2 Å². The van der Waals surface area contributed by atoms with Crippen LogP contribution in [0, 0.1) is 35.3 Å². The molecule has 0 radical (unpaired) electrons. The number of hydrogen-bond donors (Lipinski definition) is 1. The molecular formula is C15H19N3O3. The summed E-state index contributed by atoms with van der Waals surface area (Å²) in [5.41, 5.74) is 0.580. The molecule has 0 heterocycles. The van der Waals surface area contributed by atoms with E-state index in [9.17, 15) is 15.4 Å². The summed E-state index contributed by atoms with van der Waals surface area (Å²) in [6.07, 6.45) is 2.18. The van der Waals surface area contributed by atoms with Gasteiger partial charge in [-0.15, -0.1) is 0 Å². The Labute approximate surface area is 123 Å². The van der Waals surface area contributed by atoms with Crippen LogP contribution in [0.3, 0.4) is 0 Å². The number of nitriles is 1. The summed E-state index contributed by atoms with van der Waals surface area (Å²) in [5, 5.41) is 23.4. The van der Waals surface area contributed by atoms with Gasteiger partial charge in [0.25, 0.3) is 5.69 Å². The Kier molecular flexibility index (Phi) is 4.14. The van der Waals surface area contributed by atoms with Gasteiger partial charge in [-0.1, -0.05) is 0 Å². The van der Waals surface area contributed by atoms with Gasteiger partial charge in [-0.3, -0.25) is 15.4 Å². The molecule has 1 aromatic carbocycles. The van der Waals surface area contributed by atoms with Crippen molar-refractivity contribution >= 4 is 5.69 Å². The zero-order valence-corrected chi connectivity index (χ0v) is 12.5. The first kappa shape index (κ1) is 15.3. The van der Waals surface area contributed by atoms with Crippen LogP contribution in [0.2, 0.25) is 0 Å². The van der Waals surface area contributed by atoms with E-state index in [1.165, 1.54) is 6.07 Å². The summed E-state index contributed by atoms with van der Waals surface area (Å²) in [5.74, 6) is 0.581. The van der Waals surface area contributed by atoms with Crippen molar-refractivity contribution < 1.29 is 9.66 Å². The molecule has 2 rings (SSSR count). The van der Waals surface area contributed by atoms with Crippen LogP contribution in [-0.2, 0) is 0 Å². The van der Waals surface area contributed by atoms with Crippen LogP contribution in [0.1, 0.15) is 30.9 Å². The van der Waals surface area contributed by atoms with Crippen LogP contribution in [0.4, 0.5) is 5.69 Å². The average Bonchev–Trinajstić information content (AvgIpc) is 3.22. The predicted molar refractivity (Wildman–Crippen MR) is 78.2 cm³/mol. The van der Waals surface area contributed by atoms with Gasteiger partial charge in [0.1, 0.15) is 17.9 Å². The minimum atomic E-state index is -0.747. The molecule has 1 atom stereocenters. The van der Waals surface area contributed by atoms with E-state index in [0.717, 1.165) is 12.8 Å². The van der Waals surface area contributed by atoms with Gasteiger partial charge in [0.15, 0.2) is 0 Å². The number of rotatable bonds is 6. The van der Waals surface area contributed by atoms with E-state index in [-0.39, 0.29) is 12.3 Å². The Morgan fingerprint density at radius 1 is 1.48 bits per heavy atom. The van der Waals surface area contributed by atoms with E-state index in [1.54, 1.807) is 26.8 Å². The molecule has 6 heteroatoms. The van der Waals surface area contributed by atoms with E-state index >= 15 is 0 Å². The summed E-state index contributed by atoms with van der Waals surface area (Å²) in [4.78, 5) is 10.5. The van der Waals surface area contributed by atoms with Crippen LogP contribution in [0.15, 0.2) is 12.1 Å². The average molecular weight is 289 g/mol. The zero-order chi connectivity index (χ0) is 15.6. The number of nitro groups is 1. The van der Waals surface area contributed by atoms with E-state index < -0.39 is 10.5 Å². The number of hydrogen-bond acceptors (Lipinski definition) is 5. The normalized spacial score (nSPS) is 16.9. The van der Waals surface area contributed by atoms with Crippen molar-refractivity contribution in [2.45, 2.75) is 45.2 Å². The van der Waals surface area contributed by atoms with Gasteiger partial charge in [-0.25, -0.2) is 0 Å². The first-order valence-corrected chi connectivity index (χ1v) is 6.92. The topological polar surface area (TPSA) is 88.2 Å². The minimum absolute atomic E-state index is 0.0824. The molecule has 1 aromatic rings. The smallest absolute Gasteiger partial charge is 0.272 e. The van der Waals surface area contributed by atoms with Gasteiger partial charge in [0, 0.05) is 17.7 Å². The number of benzene rings is 1. The lowest BCUT2D eigenvalue weighted by atomic mass is 10.1. The molecule has 1 aliphatic carbocycles. The van der Waals surface area contributed by atoms with E-state index in [4.69, 9.17) is 4.74 Å². The van der Waals surface area contributed by atoms with Gasteiger partial charge in [0.05, 0.1) is 11.0 Å². The highest BCUT2D eigenvalue weighted by Gasteiger charge is 2.33. The third-order valence-corrected chi connectivity index (χ3v) is 3.55. The summed E-state index contributed by atoms with van der Waals surface area (Å²) >= 11 is 0. The maximum atomic E-state index is 10.9. The van der Waals surface area contributed by atoms with Crippen LogP contribution in [0.25, 0.3) is 0 Å². The lowest BCUT2D eigenvalue weighted by molar-refractivity contribution is -0.385. The standard InChI is InChI=1S/C15H19N3O3/c1-10-7-14(11(2)6-13(10)18(19)20)21-9-15(3,8-16)17-12-4-5-12/h6-7,12,17H,4-5,9H2,1-3H3. The molecule has 0 aromatic heterocycles. The third-order valence-electron chi connectivity index (χ3n) is 3.55. The Bertz CT molecular complexity index is 605. The molecule has 0 bridgehead atoms. The fourth-order valence-electron chi connectivity index (χ4n) is 2.13. The van der Waals surface area contributed by atoms with E-state index in [2.05, 4.69) is 11.4 Å². The molecule has 112 valence electrons. The molecular weight excluding hydrogens is 270 g/mol. The monoisotopic (exact) mass is 289 g/mol. The molecule has 0 spiro atoms. The molecule has 1 fully saturated rings. The van der Waals surface area contributed by atoms with Crippen LogP contribution in [-0.4, -0.2) is 23.1 Å². The van der Waals surface area contributed by atoms with E-state index in [1.807, 2.05) is 0 Å². The van der Waals surface area contributed by atoms with Gasteiger partial charge in [0.2, 0.25) is 0 Å². The number of nitrogens with one attached hydrogen (secondary N) is 1. The fourth-order valence-corrected chi connectivity index (χ4v) is 2.13. The maximum Gasteiger partial charge on any atom is 0.272 e. The van der Waals surface area contributed by atoms with Crippen molar-refractivity contribution in [1.82, 2.24) is 5.32 Å².